The van der Waals surface area contributed by atoms with Crippen molar-refractivity contribution in [1.29, 1.82) is 0 Å². The number of carbonyl (C=O) groups excluding carboxylic acids is 3. The maximum absolute atomic E-state index is 13.0. The Kier molecular flexibility index (Phi) is 4.94. The number of carbonyl (C=O) groups is 3. The molecule has 2 amide bonds. The normalized spacial score (nSPS) is 23.5. The first-order chi connectivity index (χ1) is 11.6. The summed E-state index contributed by atoms with van der Waals surface area (Å²) < 4.78 is 0. The monoisotopic (exact) mass is 329 g/mol. The molecular formula is C18H23N3O3. The second-order valence-electron chi connectivity index (χ2n) is 6.37. The summed E-state index contributed by atoms with van der Waals surface area (Å²) in [6.07, 6.45) is 2.93. The first kappa shape index (κ1) is 16.6. The van der Waals surface area contributed by atoms with E-state index in [2.05, 4.69) is 0 Å². The third-order valence-electron chi connectivity index (χ3n) is 4.93. The minimum absolute atomic E-state index is 0.0175. The Morgan fingerprint density at radius 1 is 0.958 bits per heavy atom. The van der Waals surface area contributed by atoms with Crippen molar-refractivity contribution in [2.45, 2.75) is 37.8 Å². The molecule has 2 aliphatic heterocycles. The van der Waals surface area contributed by atoms with Crippen LogP contribution in [-0.4, -0.2) is 59.1 Å². The standard InChI is InChI=1S/C18H23N3O3/c19-12-16(22)20-10-5-9-15(20)18(24)21-11-4-8-14(21)17(23)13-6-2-1-3-7-13/h1-3,6-7,14-15H,4-5,8-12,19H2/t14-,15-/m1/s1. The van der Waals surface area contributed by atoms with Crippen LogP contribution in [0.5, 0.6) is 0 Å². The largest absolute Gasteiger partial charge is 0.330 e. The zero-order valence-corrected chi connectivity index (χ0v) is 13.7. The van der Waals surface area contributed by atoms with E-state index in [1.807, 2.05) is 18.2 Å². The maximum Gasteiger partial charge on any atom is 0.246 e. The lowest BCUT2D eigenvalue weighted by atomic mass is 10.0. The lowest BCUT2D eigenvalue weighted by Crippen LogP contribution is -2.51. The summed E-state index contributed by atoms with van der Waals surface area (Å²) in [5, 5.41) is 0. The number of nitrogens with zero attached hydrogens (tertiary/aromatic N) is 2. The molecule has 2 atom stereocenters. The van der Waals surface area contributed by atoms with Gasteiger partial charge in [-0.3, -0.25) is 14.4 Å². The molecule has 0 aliphatic carbocycles. The maximum atomic E-state index is 13.0. The van der Waals surface area contributed by atoms with Gasteiger partial charge in [0.05, 0.1) is 12.6 Å². The van der Waals surface area contributed by atoms with Crippen molar-refractivity contribution < 1.29 is 14.4 Å². The van der Waals surface area contributed by atoms with Crippen LogP contribution in [-0.2, 0) is 9.59 Å². The highest BCUT2D eigenvalue weighted by atomic mass is 16.2. The fourth-order valence-electron chi connectivity index (χ4n) is 3.73. The lowest BCUT2D eigenvalue weighted by Gasteiger charge is -2.30. The van der Waals surface area contributed by atoms with Gasteiger partial charge in [-0.2, -0.15) is 0 Å². The second kappa shape index (κ2) is 7.13. The molecule has 0 saturated carbocycles. The van der Waals surface area contributed by atoms with E-state index in [0.29, 0.717) is 31.5 Å². The van der Waals surface area contributed by atoms with Gasteiger partial charge in [-0.15, -0.1) is 0 Å². The average molecular weight is 329 g/mol. The van der Waals surface area contributed by atoms with E-state index in [1.54, 1.807) is 21.9 Å². The van der Waals surface area contributed by atoms with Gasteiger partial charge in [0, 0.05) is 18.7 Å². The molecule has 0 spiro atoms. The molecule has 0 unspecified atom stereocenters. The molecule has 2 heterocycles. The van der Waals surface area contributed by atoms with Gasteiger partial charge in [0.25, 0.3) is 0 Å². The number of nitrogens with two attached hydrogens (primary N) is 1. The van der Waals surface area contributed by atoms with Crippen molar-refractivity contribution in [3.63, 3.8) is 0 Å². The van der Waals surface area contributed by atoms with E-state index in [-0.39, 0.29) is 24.1 Å². The average Bonchev–Trinajstić information content (AvgIpc) is 3.30. The SMILES string of the molecule is NCC(=O)N1CCC[C@@H]1C(=O)N1CCC[C@@H]1C(=O)c1ccccc1. The van der Waals surface area contributed by atoms with E-state index >= 15 is 0 Å². The van der Waals surface area contributed by atoms with E-state index in [9.17, 15) is 14.4 Å². The van der Waals surface area contributed by atoms with Gasteiger partial charge in [-0.05, 0) is 25.7 Å². The first-order valence-electron chi connectivity index (χ1n) is 8.52. The van der Waals surface area contributed by atoms with E-state index in [4.69, 9.17) is 5.73 Å². The molecule has 128 valence electrons. The molecule has 2 fully saturated rings. The Morgan fingerprint density at radius 3 is 2.25 bits per heavy atom. The zero-order valence-electron chi connectivity index (χ0n) is 13.7. The summed E-state index contributed by atoms with van der Waals surface area (Å²) in [7, 11) is 0. The van der Waals surface area contributed by atoms with Crippen molar-refractivity contribution in [2.75, 3.05) is 19.6 Å². The van der Waals surface area contributed by atoms with E-state index < -0.39 is 12.1 Å². The van der Waals surface area contributed by atoms with Gasteiger partial charge < -0.3 is 15.5 Å². The number of likely N-dealkylation sites (tertiary alicyclic amines) is 2. The molecule has 24 heavy (non-hydrogen) atoms. The highest BCUT2D eigenvalue weighted by Crippen LogP contribution is 2.26. The third-order valence-corrected chi connectivity index (χ3v) is 4.93. The quantitative estimate of drug-likeness (QED) is 0.829. The van der Waals surface area contributed by atoms with Crippen LogP contribution >= 0.6 is 0 Å². The third kappa shape index (κ3) is 3.06. The van der Waals surface area contributed by atoms with Gasteiger partial charge in [-0.1, -0.05) is 30.3 Å². The van der Waals surface area contributed by atoms with Gasteiger partial charge in [0.2, 0.25) is 11.8 Å². The number of Topliss-reactive ketones (excluding diaryl/α,β-unsaturated/α-hetero) is 1. The van der Waals surface area contributed by atoms with Crippen molar-refractivity contribution in [3.8, 4) is 0 Å². The molecule has 6 heteroatoms. The summed E-state index contributed by atoms with van der Waals surface area (Å²) >= 11 is 0. The summed E-state index contributed by atoms with van der Waals surface area (Å²) in [5.41, 5.74) is 6.08. The Balaban J connectivity index is 1.76. The van der Waals surface area contributed by atoms with Gasteiger partial charge in [0.1, 0.15) is 6.04 Å². The molecule has 1 aromatic rings. The molecular weight excluding hydrogens is 306 g/mol. The zero-order chi connectivity index (χ0) is 17.1. The molecule has 0 aromatic heterocycles. The van der Waals surface area contributed by atoms with Crippen LogP contribution in [0.2, 0.25) is 0 Å². The molecule has 0 bridgehead atoms. The van der Waals surface area contributed by atoms with Crippen molar-refractivity contribution in [1.82, 2.24) is 9.80 Å². The van der Waals surface area contributed by atoms with Crippen molar-refractivity contribution in [2.24, 2.45) is 5.73 Å². The minimum atomic E-state index is -0.467. The van der Waals surface area contributed by atoms with Crippen LogP contribution in [0.1, 0.15) is 36.0 Å². The molecule has 3 rings (SSSR count). The second-order valence-corrected chi connectivity index (χ2v) is 6.37. The van der Waals surface area contributed by atoms with Crippen LogP contribution in [0.4, 0.5) is 0 Å². The van der Waals surface area contributed by atoms with E-state index in [0.717, 1.165) is 12.8 Å². The molecule has 2 saturated heterocycles. The summed E-state index contributed by atoms with van der Waals surface area (Å²) in [6, 6.07) is 8.19. The van der Waals surface area contributed by atoms with Crippen molar-refractivity contribution in [3.05, 3.63) is 35.9 Å². The summed E-state index contributed by atoms with van der Waals surface area (Å²) in [5.74, 6) is -0.326. The van der Waals surface area contributed by atoms with Crippen LogP contribution < -0.4 is 5.73 Å². The number of hydrogen-bond acceptors (Lipinski definition) is 4. The fourth-order valence-corrected chi connectivity index (χ4v) is 3.73. The fraction of sp³-hybridized carbons (Fsp3) is 0.500. The van der Waals surface area contributed by atoms with Crippen LogP contribution in [0.15, 0.2) is 30.3 Å². The number of amides is 2. The summed E-state index contributed by atoms with van der Waals surface area (Å²) in [6.45, 7) is 1.05. The predicted molar refractivity (Wildman–Crippen MR) is 89.3 cm³/mol. The number of rotatable bonds is 4. The number of benzene rings is 1. The van der Waals surface area contributed by atoms with E-state index in [1.165, 1.54) is 0 Å². The Bertz CT molecular complexity index is 632. The molecule has 0 radical (unpaired) electrons. The lowest BCUT2D eigenvalue weighted by molar-refractivity contribution is -0.143. The van der Waals surface area contributed by atoms with Crippen LogP contribution in [0.25, 0.3) is 0 Å². The molecule has 6 nitrogen and oxygen atoms in total. The van der Waals surface area contributed by atoms with Gasteiger partial charge in [0.15, 0.2) is 5.78 Å². The Morgan fingerprint density at radius 2 is 1.58 bits per heavy atom. The first-order valence-corrected chi connectivity index (χ1v) is 8.52. The van der Waals surface area contributed by atoms with Gasteiger partial charge >= 0.3 is 0 Å². The summed E-state index contributed by atoms with van der Waals surface area (Å²) in [4.78, 5) is 40.9. The molecule has 2 aliphatic rings. The Hall–Kier alpha value is -2.21. The number of ketones is 1. The molecule has 2 N–H and O–H groups in total. The van der Waals surface area contributed by atoms with Crippen molar-refractivity contribution >= 4 is 17.6 Å². The van der Waals surface area contributed by atoms with Crippen LogP contribution in [0, 0.1) is 0 Å². The minimum Gasteiger partial charge on any atom is -0.330 e. The Labute approximate surface area is 141 Å². The smallest absolute Gasteiger partial charge is 0.246 e. The predicted octanol–water partition coefficient (Wildman–Crippen LogP) is 0.810. The highest BCUT2D eigenvalue weighted by molar-refractivity contribution is 6.03. The molecule has 1 aromatic carbocycles. The topological polar surface area (TPSA) is 83.7 Å². The highest BCUT2D eigenvalue weighted by Gasteiger charge is 2.41. The number of hydrogen-bond donors (Lipinski definition) is 1. The van der Waals surface area contributed by atoms with Gasteiger partial charge in [-0.25, -0.2) is 0 Å². The van der Waals surface area contributed by atoms with Crippen LogP contribution in [0.3, 0.4) is 0 Å².